The Morgan fingerprint density at radius 3 is 2.53 bits per heavy atom. The van der Waals surface area contributed by atoms with Crippen LogP contribution in [0.2, 0.25) is 0 Å². The van der Waals surface area contributed by atoms with Gasteiger partial charge in [-0.15, -0.1) is 11.3 Å². The van der Waals surface area contributed by atoms with Gasteiger partial charge >= 0.3 is 0 Å². The maximum absolute atomic E-state index is 12.7. The summed E-state index contributed by atoms with van der Waals surface area (Å²) in [5, 5.41) is 1.69. The summed E-state index contributed by atoms with van der Waals surface area (Å²) in [6, 6.07) is 1.73. The van der Waals surface area contributed by atoms with Crippen molar-refractivity contribution >= 4 is 27.0 Å². The first-order valence-corrected chi connectivity index (χ1v) is 9.09. The van der Waals surface area contributed by atoms with Crippen LogP contribution in [-0.2, 0) is 10.0 Å². The fourth-order valence-electron chi connectivity index (χ4n) is 2.58. The van der Waals surface area contributed by atoms with Gasteiger partial charge < -0.3 is 5.73 Å². The van der Waals surface area contributed by atoms with E-state index in [1.54, 1.807) is 15.8 Å². The van der Waals surface area contributed by atoms with E-state index in [-0.39, 0.29) is 6.04 Å². The molecule has 1 aliphatic rings. The average Bonchev–Trinajstić information content (AvgIpc) is 2.96. The van der Waals surface area contributed by atoms with E-state index in [2.05, 4.69) is 13.8 Å². The highest BCUT2D eigenvalue weighted by molar-refractivity contribution is 7.91. The quantitative estimate of drug-likeness (QED) is 0.909. The van der Waals surface area contributed by atoms with Gasteiger partial charge in [-0.2, -0.15) is 4.31 Å². The lowest BCUT2D eigenvalue weighted by molar-refractivity contribution is 0.293. The molecule has 1 aliphatic carbocycles. The molecule has 1 aromatic heterocycles. The third-order valence-corrected chi connectivity index (χ3v) is 6.79. The molecule has 108 valence electrons. The van der Waals surface area contributed by atoms with Gasteiger partial charge in [0.1, 0.15) is 4.21 Å². The smallest absolute Gasteiger partial charge is 0.252 e. The van der Waals surface area contributed by atoms with Crippen molar-refractivity contribution in [1.29, 1.82) is 0 Å². The Labute approximate surface area is 119 Å². The van der Waals surface area contributed by atoms with Crippen LogP contribution in [0.4, 0.5) is 5.69 Å². The Bertz CT molecular complexity index is 517. The van der Waals surface area contributed by atoms with Gasteiger partial charge in [0.25, 0.3) is 10.0 Å². The Kier molecular flexibility index (Phi) is 4.53. The molecule has 0 aliphatic heterocycles. The van der Waals surface area contributed by atoms with E-state index in [9.17, 15) is 8.42 Å². The van der Waals surface area contributed by atoms with Crippen molar-refractivity contribution in [3.05, 3.63) is 11.4 Å². The van der Waals surface area contributed by atoms with E-state index >= 15 is 0 Å². The number of anilines is 1. The Morgan fingerprint density at radius 1 is 1.42 bits per heavy atom. The Balaban J connectivity index is 2.30. The fraction of sp³-hybridized carbons (Fsp3) is 0.692. The maximum atomic E-state index is 12.7. The normalized spacial score (nSPS) is 17.7. The van der Waals surface area contributed by atoms with Crippen molar-refractivity contribution in [2.45, 2.75) is 49.8 Å². The molecular weight excluding hydrogens is 280 g/mol. The van der Waals surface area contributed by atoms with Gasteiger partial charge in [-0.3, -0.25) is 0 Å². The van der Waals surface area contributed by atoms with Gasteiger partial charge in [-0.25, -0.2) is 8.42 Å². The Morgan fingerprint density at radius 2 is 2.05 bits per heavy atom. The molecule has 0 saturated heterocycles. The predicted molar refractivity (Wildman–Crippen MR) is 79.7 cm³/mol. The third kappa shape index (κ3) is 3.30. The first-order chi connectivity index (χ1) is 8.91. The lowest BCUT2D eigenvalue weighted by Crippen LogP contribution is -2.40. The van der Waals surface area contributed by atoms with Crippen molar-refractivity contribution in [2.24, 2.45) is 5.92 Å². The van der Waals surface area contributed by atoms with E-state index in [1.807, 2.05) is 0 Å². The van der Waals surface area contributed by atoms with Crippen LogP contribution in [0, 0.1) is 5.92 Å². The highest BCUT2D eigenvalue weighted by Crippen LogP contribution is 2.32. The predicted octanol–water partition coefficient (Wildman–Crippen LogP) is 2.92. The standard InChI is InChI=1S/C13H22N2O2S2/c1-10(2)8-15(12-5-3-4-6-12)19(16,17)13-7-11(14)9-18-13/h7,9-10,12H,3-6,8,14H2,1-2H3. The zero-order valence-electron chi connectivity index (χ0n) is 11.5. The minimum absolute atomic E-state index is 0.163. The molecule has 0 bridgehead atoms. The molecule has 0 amide bonds. The highest BCUT2D eigenvalue weighted by atomic mass is 32.2. The van der Waals surface area contributed by atoms with Gasteiger partial charge in [0.05, 0.1) is 0 Å². The fourth-order valence-corrected chi connectivity index (χ4v) is 5.63. The summed E-state index contributed by atoms with van der Waals surface area (Å²) in [5.41, 5.74) is 6.18. The number of rotatable bonds is 5. The molecule has 1 fully saturated rings. The second-order valence-corrected chi connectivity index (χ2v) is 8.63. The van der Waals surface area contributed by atoms with Crippen LogP contribution in [0.15, 0.2) is 15.7 Å². The summed E-state index contributed by atoms with van der Waals surface area (Å²) in [4.78, 5) is 0. The number of nitrogen functional groups attached to an aromatic ring is 1. The van der Waals surface area contributed by atoms with Crippen molar-refractivity contribution in [3.8, 4) is 0 Å². The molecule has 6 heteroatoms. The molecule has 1 heterocycles. The molecule has 19 heavy (non-hydrogen) atoms. The number of nitrogens with two attached hydrogens (primary N) is 1. The van der Waals surface area contributed by atoms with Gasteiger partial charge in [0.15, 0.2) is 0 Å². The summed E-state index contributed by atoms with van der Waals surface area (Å²) < 4.78 is 27.6. The average molecular weight is 302 g/mol. The van der Waals surface area contributed by atoms with Crippen molar-refractivity contribution < 1.29 is 8.42 Å². The molecule has 2 rings (SSSR count). The highest BCUT2D eigenvalue weighted by Gasteiger charge is 2.34. The molecule has 0 atom stereocenters. The van der Waals surface area contributed by atoms with Gasteiger partial charge in [0.2, 0.25) is 0 Å². The lowest BCUT2D eigenvalue weighted by Gasteiger charge is -2.29. The van der Waals surface area contributed by atoms with Gasteiger partial charge in [-0.05, 0) is 24.8 Å². The van der Waals surface area contributed by atoms with Crippen LogP contribution >= 0.6 is 11.3 Å². The summed E-state index contributed by atoms with van der Waals surface area (Å²) in [6.45, 7) is 4.70. The molecule has 0 aromatic carbocycles. The summed E-state index contributed by atoms with van der Waals surface area (Å²) in [5.74, 6) is 0.327. The van der Waals surface area contributed by atoms with Crippen LogP contribution in [0.5, 0.6) is 0 Å². The summed E-state index contributed by atoms with van der Waals surface area (Å²) >= 11 is 1.22. The molecule has 4 nitrogen and oxygen atoms in total. The molecule has 0 radical (unpaired) electrons. The monoisotopic (exact) mass is 302 g/mol. The number of hydrogen-bond acceptors (Lipinski definition) is 4. The number of nitrogens with zero attached hydrogens (tertiary/aromatic N) is 1. The van der Waals surface area contributed by atoms with E-state index in [0.29, 0.717) is 22.4 Å². The third-order valence-electron chi connectivity index (χ3n) is 3.44. The number of sulfonamides is 1. The maximum Gasteiger partial charge on any atom is 0.252 e. The van der Waals surface area contributed by atoms with E-state index in [0.717, 1.165) is 25.7 Å². The van der Waals surface area contributed by atoms with Crippen LogP contribution in [0.25, 0.3) is 0 Å². The van der Waals surface area contributed by atoms with Crippen molar-refractivity contribution in [2.75, 3.05) is 12.3 Å². The second-order valence-electron chi connectivity index (χ2n) is 5.61. The largest absolute Gasteiger partial charge is 0.398 e. The van der Waals surface area contributed by atoms with Gasteiger partial charge in [-0.1, -0.05) is 26.7 Å². The molecule has 1 saturated carbocycles. The minimum atomic E-state index is -3.39. The first kappa shape index (κ1) is 14.8. The SMILES string of the molecule is CC(C)CN(C1CCCC1)S(=O)(=O)c1cc(N)cs1. The molecule has 0 spiro atoms. The topological polar surface area (TPSA) is 63.4 Å². The second kappa shape index (κ2) is 5.81. The van der Waals surface area contributed by atoms with Crippen molar-refractivity contribution in [1.82, 2.24) is 4.31 Å². The zero-order valence-corrected chi connectivity index (χ0v) is 13.1. The minimum Gasteiger partial charge on any atom is -0.398 e. The van der Waals surface area contributed by atoms with Crippen LogP contribution < -0.4 is 5.73 Å². The lowest BCUT2D eigenvalue weighted by atomic mass is 10.2. The number of thiophene rings is 1. The van der Waals surface area contributed by atoms with E-state index in [1.165, 1.54) is 11.3 Å². The molecule has 0 unspecified atom stereocenters. The van der Waals surface area contributed by atoms with E-state index in [4.69, 9.17) is 5.73 Å². The van der Waals surface area contributed by atoms with E-state index < -0.39 is 10.0 Å². The summed E-state index contributed by atoms with van der Waals surface area (Å²) in [7, 11) is -3.39. The van der Waals surface area contributed by atoms with Crippen LogP contribution in [0.1, 0.15) is 39.5 Å². The van der Waals surface area contributed by atoms with Gasteiger partial charge in [0, 0.05) is 23.7 Å². The summed E-state index contributed by atoms with van der Waals surface area (Å²) in [6.07, 6.45) is 4.21. The van der Waals surface area contributed by atoms with Crippen LogP contribution in [-0.4, -0.2) is 25.3 Å². The molecule has 2 N–H and O–H groups in total. The van der Waals surface area contributed by atoms with Crippen molar-refractivity contribution in [3.63, 3.8) is 0 Å². The molecular formula is C13H22N2O2S2. The molecule has 1 aromatic rings. The Hall–Kier alpha value is -0.590. The number of hydrogen-bond donors (Lipinski definition) is 1. The van der Waals surface area contributed by atoms with Crippen LogP contribution in [0.3, 0.4) is 0 Å². The first-order valence-electron chi connectivity index (χ1n) is 6.77. The zero-order chi connectivity index (χ0) is 14.0.